The fourth-order valence-corrected chi connectivity index (χ4v) is 2.00. The van der Waals surface area contributed by atoms with Gasteiger partial charge in [0.1, 0.15) is 17.7 Å². The van der Waals surface area contributed by atoms with Crippen molar-refractivity contribution < 1.29 is 18.4 Å². The molecule has 0 unspecified atom stereocenters. The fourth-order valence-electron chi connectivity index (χ4n) is 2.00. The number of hydrogen-bond acceptors (Lipinski definition) is 2. The summed E-state index contributed by atoms with van der Waals surface area (Å²) in [5, 5.41) is 5.17. The molecule has 1 fully saturated rings. The summed E-state index contributed by atoms with van der Waals surface area (Å²) >= 11 is 0. The molecule has 2 rings (SSSR count). The maximum atomic E-state index is 13.0. The van der Waals surface area contributed by atoms with Crippen LogP contribution in [0.3, 0.4) is 0 Å². The quantitative estimate of drug-likeness (QED) is 0.851. The zero-order chi connectivity index (χ0) is 13.8. The Morgan fingerprint density at radius 3 is 2.58 bits per heavy atom. The second-order valence-corrected chi connectivity index (χ2v) is 4.47. The Kier molecular flexibility index (Phi) is 4.09. The standard InChI is InChI=1S/C13H14F2N2O2/c14-9-5-8(6-10(15)7-9)12(18)17-11-3-1-2-4-16-13(11)19/h5-7,11H,1-4H2,(H,16,19)(H,17,18)/t11-/m1/s1. The fraction of sp³-hybridized carbons (Fsp3) is 0.385. The molecule has 0 aliphatic carbocycles. The number of hydrogen-bond donors (Lipinski definition) is 2. The summed E-state index contributed by atoms with van der Waals surface area (Å²) in [6, 6.07) is 1.91. The summed E-state index contributed by atoms with van der Waals surface area (Å²) in [7, 11) is 0. The van der Waals surface area contributed by atoms with Crippen LogP contribution in [0, 0.1) is 11.6 Å². The molecule has 2 amide bonds. The minimum atomic E-state index is -0.824. The number of carbonyl (C=O) groups excluding carboxylic acids is 2. The molecule has 1 aromatic carbocycles. The van der Waals surface area contributed by atoms with Crippen molar-refractivity contribution in [2.75, 3.05) is 6.54 Å². The number of halogens is 2. The minimum absolute atomic E-state index is 0.130. The highest BCUT2D eigenvalue weighted by atomic mass is 19.1. The Labute approximate surface area is 109 Å². The van der Waals surface area contributed by atoms with Crippen molar-refractivity contribution in [1.82, 2.24) is 10.6 Å². The predicted molar refractivity (Wildman–Crippen MR) is 64.5 cm³/mol. The number of amides is 2. The molecule has 0 saturated carbocycles. The van der Waals surface area contributed by atoms with Crippen molar-refractivity contribution in [2.24, 2.45) is 0 Å². The minimum Gasteiger partial charge on any atom is -0.354 e. The van der Waals surface area contributed by atoms with Gasteiger partial charge in [-0.05, 0) is 31.4 Å². The van der Waals surface area contributed by atoms with Crippen molar-refractivity contribution in [2.45, 2.75) is 25.3 Å². The smallest absolute Gasteiger partial charge is 0.252 e. The van der Waals surface area contributed by atoms with E-state index in [2.05, 4.69) is 10.6 Å². The van der Waals surface area contributed by atoms with Crippen molar-refractivity contribution in [3.63, 3.8) is 0 Å². The Morgan fingerprint density at radius 2 is 1.89 bits per heavy atom. The van der Waals surface area contributed by atoms with Crippen LogP contribution >= 0.6 is 0 Å². The highest BCUT2D eigenvalue weighted by molar-refractivity contribution is 5.97. The van der Waals surface area contributed by atoms with E-state index in [1.807, 2.05) is 0 Å². The Morgan fingerprint density at radius 1 is 1.21 bits per heavy atom. The average molecular weight is 268 g/mol. The highest BCUT2D eigenvalue weighted by Gasteiger charge is 2.23. The van der Waals surface area contributed by atoms with Gasteiger partial charge in [0.25, 0.3) is 5.91 Å². The van der Waals surface area contributed by atoms with Crippen LogP contribution < -0.4 is 10.6 Å². The number of nitrogens with one attached hydrogen (secondary N) is 2. The van der Waals surface area contributed by atoms with Crippen molar-refractivity contribution >= 4 is 11.8 Å². The Bertz CT molecular complexity index is 485. The normalized spacial score (nSPS) is 19.5. The maximum absolute atomic E-state index is 13.0. The third-order valence-electron chi connectivity index (χ3n) is 2.97. The van der Waals surface area contributed by atoms with Gasteiger partial charge in [-0.3, -0.25) is 9.59 Å². The van der Waals surface area contributed by atoms with E-state index in [-0.39, 0.29) is 11.5 Å². The van der Waals surface area contributed by atoms with Crippen LogP contribution in [-0.2, 0) is 4.79 Å². The van der Waals surface area contributed by atoms with Gasteiger partial charge in [0, 0.05) is 18.2 Å². The molecule has 0 bridgehead atoms. The molecule has 0 spiro atoms. The lowest BCUT2D eigenvalue weighted by molar-refractivity contribution is -0.122. The molecule has 19 heavy (non-hydrogen) atoms. The maximum Gasteiger partial charge on any atom is 0.252 e. The van der Waals surface area contributed by atoms with E-state index in [1.54, 1.807) is 0 Å². The Balaban J connectivity index is 2.09. The summed E-state index contributed by atoms with van der Waals surface area (Å²) in [4.78, 5) is 23.5. The molecular formula is C13H14F2N2O2. The van der Waals surface area contributed by atoms with Crippen LogP contribution in [0.15, 0.2) is 18.2 Å². The summed E-state index contributed by atoms with van der Waals surface area (Å²) < 4.78 is 26.0. The molecule has 1 aliphatic heterocycles. The molecule has 2 N–H and O–H groups in total. The van der Waals surface area contributed by atoms with Crippen LogP contribution in [0.5, 0.6) is 0 Å². The van der Waals surface area contributed by atoms with Crippen LogP contribution in [0.25, 0.3) is 0 Å². The molecule has 6 heteroatoms. The van der Waals surface area contributed by atoms with Gasteiger partial charge in [0.15, 0.2) is 0 Å². The molecule has 0 aromatic heterocycles. The lowest BCUT2D eigenvalue weighted by Crippen LogP contribution is -2.45. The molecule has 1 saturated heterocycles. The van der Waals surface area contributed by atoms with E-state index < -0.39 is 23.6 Å². The van der Waals surface area contributed by atoms with Crippen LogP contribution in [0.2, 0.25) is 0 Å². The van der Waals surface area contributed by atoms with Gasteiger partial charge in [-0.15, -0.1) is 0 Å². The van der Waals surface area contributed by atoms with Gasteiger partial charge >= 0.3 is 0 Å². The first kappa shape index (κ1) is 13.5. The monoisotopic (exact) mass is 268 g/mol. The molecule has 1 heterocycles. The van der Waals surface area contributed by atoms with E-state index in [1.165, 1.54) is 0 Å². The molecule has 4 nitrogen and oxygen atoms in total. The Hall–Kier alpha value is -1.98. The van der Waals surface area contributed by atoms with Gasteiger partial charge in [-0.1, -0.05) is 0 Å². The van der Waals surface area contributed by atoms with Crippen molar-refractivity contribution in [3.8, 4) is 0 Å². The first-order chi connectivity index (χ1) is 9.06. The first-order valence-electron chi connectivity index (χ1n) is 6.11. The van der Waals surface area contributed by atoms with Crippen LogP contribution in [0.1, 0.15) is 29.6 Å². The van der Waals surface area contributed by atoms with E-state index >= 15 is 0 Å². The molecule has 1 atom stereocenters. The van der Waals surface area contributed by atoms with Gasteiger partial charge in [-0.25, -0.2) is 8.78 Å². The van der Waals surface area contributed by atoms with Gasteiger partial charge in [-0.2, -0.15) is 0 Å². The second kappa shape index (κ2) is 5.77. The summed E-state index contributed by atoms with van der Waals surface area (Å²) in [5.41, 5.74) is -0.130. The van der Waals surface area contributed by atoms with Crippen molar-refractivity contribution in [1.29, 1.82) is 0 Å². The lowest BCUT2D eigenvalue weighted by Gasteiger charge is -2.15. The second-order valence-electron chi connectivity index (χ2n) is 4.47. The zero-order valence-electron chi connectivity index (χ0n) is 10.2. The van der Waals surface area contributed by atoms with E-state index in [0.29, 0.717) is 19.0 Å². The molecular weight excluding hydrogens is 254 g/mol. The summed E-state index contributed by atoms with van der Waals surface area (Å²) in [6.45, 7) is 0.583. The molecule has 1 aliphatic rings. The van der Waals surface area contributed by atoms with E-state index in [4.69, 9.17) is 0 Å². The third kappa shape index (κ3) is 3.49. The number of rotatable bonds is 2. The van der Waals surface area contributed by atoms with Crippen molar-refractivity contribution in [3.05, 3.63) is 35.4 Å². The number of carbonyl (C=O) groups is 2. The lowest BCUT2D eigenvalue weighted by atomic mass is 10.1. The topological polar surface area (TPSA) is 58.2 Å². The largest absolute Gasteiger partial charge is 0.354 e. The van der Waals surface area contributed by atoms with Gasteiger partial charge in [0.05, 0.1) is 0 Å². The van der Waals surface area contributed by atoms with Gasteiger partial charge in [0.2, 0.25) is 5.91 Å². The zero-order valence-corrected chi connectivity index (χ0v) is 10.2. The summed E-state index contributed by atoms with van der Waals surface area (Å²) in [6.07, 6.45) is 2.18. The highest BCUT2D eigenvalue weighted by Crippen LogP contribution is 2.10. The van der Waals surface area contributed by atoms with Gasteiger partial charge < -0.3 is 10.6 Å². The van der Waals surface area contributed by atoms with E-state index in [9.17, 15) is 18.4 Å². The van der Waals surface area contributed by atoms with E-state index in [0.717, 1.165) is 25.0 Å². The summed E-state index contributed by atoms with van der Waals surface area (Å²) in [5.74, 6) is -2.56. The SMILES string of the molecule is O=C(N[C@@H]1CCCCNC1=O)c1cc(F)cc(F)c1. The first-order valence-corrected chi connectivity index (χ1v) is 6.11. The molecule has 1 aromatic rings. The molecule has 0 radical (unpaired) electrons. The average Bonchev–Trinajstić information content (AvgIpc) is 2.54. The molecule has 102 valence electrons. The van der Waals surface area contributed by atoms with Crippen LogP contribution in [0.4, 0.5) is 8.78 Å². The predicted octanol–water partition coefficient (Wildman–Crippen LogP) is 1.36. The third-order valence-corrected chi connectivity index (χ3v) is 2.97. The number of benzene rings is 1. The van der Waals surface area contributed by atoms with Crippen LogP contribution in [-0.4, -0.2) is 24.4 Å².